The Bertz CT molecular complexity index is 707. The van der Waals surface area contributed by atoms with Crippen LogP contribution in [-0.4, -0.2) is 60.0 Å². The largest absolute Gasteiger partial charge is 0.338 e. The third kappa shape index (κ3) is 3.77. The fourth-order valence-electron chi connectivity index (χ4n) is 4.37. The molecular weight excluding hydrogens is 349 g/mol. The van der Waals surface area contributed by atoms with E-state index in [1.54, 1.807) is 17.0 Å². The van der Waals surface area contributed by atoms with Gasteiger partial charge in [0, 0.05) is 38.1 Å². The van der Waals surface area contributed by atoms with Crippen molar-refractivity contribution in [2.24, 2.45) is 5.92 Å². The lowest BCUT2D eigenvalue weighted by atomic mass is 9.81. The van der Waals surface area contributed by atoms with E-state index in [-0.39, 0.29) is 23.7 Å². The summed E-state index contributed by atoms with van der Waals surface area (Å²) in [5.41, 5.74) is 6.65. The summed E-state index contributed by atoms with van der Waals surface area (Å²) in [5.74, 6) is 0.0150. The van der Waals surface area contributed by atoms with Gasteiger partial charge in [0.1, 0.15) is 11.9 Å². The molecule has 3 unspecified atom stereocenters. The van der Waals surface area contributed by atoms with Gasteiger partial charge in [0.05, 0.1) is 5.69 Å². The Kier molecular flexibility index (Phi) is 5.27. The molecule has 1 saturated carbocycles. The number of fused-ring (bicyclic) bond motifs is 1. The Morgan fingerprint density at radius 1 is 1.00 bits per heavy atom. The summed E-state index contributed by atoms with van der Waals surface area (Å²) in [5, 5.41) is 2.60. The molecule has 3 fully saturated rings. The van der Waals surface area contributed by atoms with Gasteiger partial charge in [0.2, 0.25) is 5.91 Å². The average Bonchev–Trinajstić information content (AvgIpc) is 3.13. The summed E-state index contributed by atoms with van der Waals surface area (Å²) in [6, 6.07) is 5.99. The maximum absolute atomic E-state index is 13.7. The molecule has 0 aromatic heterocycles. The molecule has 7 nitrogen and oxygen atoms in total. The Hall–Kier alpha value is -2.19. The second-order valence-electron chi connectivity index (χ2n) is 7.54. The number of carbonyl (C=O) groups excluding carboxylic acids is 2. The van der Waals surface area contributed by atoms with Crippen LogP contribution in [0.4, 0.5) is 14.9 Å². The normalized spacial score (nSPS) is 28.0. The zero-order valence-corrected chi connectivity index (χ0v) is 15.3. The summed E-state index contributed by atoms with van der Waals surface area (Å²) < 4.78 is 13.7. The molecule has 2 aliphatic heterocycles. The third-order valence-corrected chi connectivity index (χ3v) is 5.93. The lowest BCUT2D eigenvalue weighted by molar-refractivity contribution is -0.135. The van der Waals surface area contributed by atoms with E-state index < -0.39 is 5.82 Å². The van der Waals surface area contributed by atoms with Crippen LogP contribution < -0.4 is 16.2 Å². The van der Waals surface area contributed by atoms with Gasteiger partial charge in [-0.1, -0.05) is 25.0 Å². The van der Waals surface area contributed by atoms with Gasteiger partial charge in [-0.25, -0.2) is 14.6 Å². The molecule has 1 aliphatic carbocycles. The number of amides is 3. The summed E-state index contributed by atoms with van der Waals surface area (Å²) in [7, 11) is 0. The molecule has 1 aromatic carbocycles. The number of rotatable bonds is 2. The quantitative estimate of drug-likeness (QED) is 0.733. The van der Waals surface area contributed by atoms with Crippen LogP contribution in [-0.2, 0) is 4.79 Å². The molecule has 3 atom stereocenters. The first kappa shape index (κ1) is 18.2. The van der Waals surface area contributed by atoms with E-state index in [0.29, 0.717) is 38.1 Å². The second-order valence-corrected chi connectivity index (χ2v) is 7.54. The fourth-order valence-corrected chi connectivity index (χ4v) is 4.37. The average molecular weight is 375 g/mol. The first-order chi connectivity index (χ1) is 13.1. The highest BCUT2D eigenvalue weighted by atomic mass is 19.1. The van der Waals surface area contributed by atoms with Gasteiger partial charge in [-0.05, 0) is 25.0 Å². The molecule has 2 heterocycles. The smallest absolute Gasteiger partial charge is 0.322 e. The minimum absolute atomic E-state index is 0.117. The van der Waals surface area contributed by atoms with Crippen molar-refractivity contribution in [3.05, 3.63) is 30.1 Å². The van der Waals surface area contributed by atoms with Crippen LogP contribution in [0, 0.1) is 11.7 Å². The molecular formula is C19H26FN5O2. The predicted molar refractivity (Wildman–Crippen MR) is 99.4 cm³/mol. The lowest BCUT2D eigenvalue weighted by Gasteiger charge is -2.37. The van der Waals surface area contributed by atoms with Crippen molar-refractivity contribution in [3.8, 4) is 0 Å². The van der Waals surface area contributed by atoms with Gasteiger partial charge in [0.25, 0.3) is 0 Å². The van der Waals surface area contributed by atoms with Gasteiger partial charge < -0.3 is 15.1 Å². The molecule has 0 bridgehead atoms. The van der Waals surface area contributed by atoms with Crippen LogP contribution in [0.2, 0.25) is 0 Å². The molecule has 3 N–H and O–H groups in total. The van der Waals surface area contributed by atoms with E-state index in [1.807, 2.05) is 4.90 Å². The molecule has 8 heteroatoms. The minimum Gasteiger partial charge on any atom is -0.338 e. The Morgan fingerprint density at radius 3 is 2.48 bits per heavy atom. The van der Waals surface area contributed by atoms with Crippen LogP contribution in [0.15, 0.2) is 24.3 Å². The van der Waals surface area contributed by atoms with Crippen LogP contribution in [0.25, 0.3) is 0 Å². The Balaban J connectivity index is 1.30. The Labute approximate surface area is 158 Å². The number of nitrogens with zero attached hydrogens (tertiary/aromatic N) is 2. The van der Waals surface area contributed by atoms with Crippen molar-refractivity contribution in [2.45, 2.75) is 37.8 Å². The highest BCUT2D eigenvalue weighted by Gasteiger charge is 2.43. The number of piperazine rings is 1. The number of hydrogen-bond donors (Lipinski definition) is 3. The Morgan fingerprint density at radius 2 is 1.70 bits per heavy atom. The van der Waals surface area contributed by atoms with Gasteiger partial charge in [-0.2, -0.15) is 0 Å². The monoisotopic (exact) mass is 375 g/mol. The molecule has 3 amide bonds. The molecule has 0 radical (unpaired) electrons. The standard InChI is InChI=1S/C19H26FN5O2/c20-14-6-2-4-8-16(14)21-19(27)25-11-9-24(10-12-25)18(26)17-13-5-1-3-7-15(13)22-23-17/h2,4,6,8,13,15,17,22-23H,1,3,5,7,9-12H2,(H,21,27). The van der Waals surface area contributed by atoms with E-state index >= 15 is 0 Å². The van der Waals surface area contributed by atoms with Crippen LogP contribution in [0.3, 0.4) is 0 Å². The fraction of sp³-hybridized carbons (Fsp3) is 0.579. The highest BCUT2D eigenvalue weighted by molar-refractivity contribution is 5.90. The maximum atomic E-state index is 13.7. The number of para-hydroxylation sites is 1. The molecule has 3 aliphatic rings. The van der Waals surface area contributed by atoms with Gasteiger partial charge in [-0.3, -0.25) is 10.2 Å². The highest BCUT2D eigenvalue weighted by Crippen LogP contribution is 2.31. The zero-order chi connectivity index (χ0) is 18.8. The van der Waals surface area contributed by atoms with Gasteiger partial charge in [-0.15, -0.1) is 0 Å². The number of hydrogen-bond acceptors (Lipinski definition) is 4. The van der Waals surface area contributed by atoms with E-state index in [0.717, 1.165) is 12.8 Å². The number of halogens is 1. The molecule has 27 heavy (non-hydrogen) atoms. The second kappa shape index (κ2) is 7.82. The van der Waals surface area contributed by atoms with Crippen molar-refractivity contribution in [2.75, 3.05) is 31.5 Å². The SMILES string of the molecule is O=C(Nc1ccccc1F)N1CCN(C(=O)C2NNC3CCCCC32)CC1. The van der Waals surface area contributed by atoms with Gasteiger partial charge in [0.15, 0.2) is 0 Å². The van der Waals surface area contributed by atoms with Crippen molar-refractivity contribution in [1.29, 1.82) is 0 Å². The number of urea groups is 1. The zero-order valence-electron chi connectivity index (χ0n) is 15.3. The van der Waals surface area contributed by atoms with E-state index in [1.165, 1.54) is 25.0 Å². The number of hydrazine groups is 1. The van der Waals surface area contributed by atoms with Crippen LogP contribution in [0.5, 0.6) is 0 Å². The number of benzene rings is 1. The van der Waals surface area contributed by atoms with Crippen molar-refractivity contribution in [1.82, 2.24) is 20.7 Å². The summed E-state index contributed by atoms with van der Waals surface area (Å²) in [4.78, 5) is 28.7. The van der Waals surface area contributed by atoms with Gasteiger partial charge >= 0.3 is 6.03 Å². The van der Waals surface area contributed by atoms with Crippen LogP contribution in [0.1, 0.15) is 25.7 Å². The van der Waals surface area contributed by atoms with Crippen molar-refractivity contribution >= 4 is 17.6 Å². The predicted octanol–water partition coefficient (Wildman–Crippen LogP) is 1.54. The number of anilines is 1. The van der Waals surface area contributed by atoms with Crippen molar-refractivity contribution < 1.29 is 14.0 Å². The summed E-state index contributed by atoms with van der Waals surface area (Å²) >= 11 is 0. The molecule has 0 spiro atoms. The van der Waals surface area contributed by atoms with E-state index in [2.05, 4.69) is 16.2 Å². The third-order valence-electron chi connectivity index (χ3n) is 5.93. The number of carbonyl (C=O) groups is 2. The minimum atomic E-state index is -0.457. The van der Waals surface area contributed by atoms with E-state index in [9.17, 15) is 14.0 Å². The van der Waals surface area contributed by atoms with E-state index in [4.69, 9.17) is 0 Å². The first-order valence-electron chi connectivity index (χ1n) is 9.74. The lowest BCUT2D eigenvalue weighted by Crippen LogP contribution is -2.56. The molecule has 1 aromatic rings. The molecule has 146 valence electrons. The number of nitrogens with one attached hydrogen (secondary N) is 3. The van der Waals surface area contributed by atoms with Crippen molar-refractivity contribution in [3.63, 3.8) is 0 Å². The topological polar surface area (TPSA) is 76.7 Å². The summed E-state index contributed by atoms with van der Waals surface area (Å²) in [6.45, 7) is 1.89. The first-order valence-corrected chi connectivity index (χ1v) is 9.74. The summed E-state index contributed by atoms with van der Waals surface area (Å²) in [6.07, 6.45) is 4.59. The van der Waals surface area contributed by atoms with Crippen LogP contribution >= 0.6 is 0 Å². The molecule has 4 rings (SSSR count). The maximum Gasteiger partial charge on any atom is 0.322 e. The molecule has 2 saturated heterocycles.